The molecule has 0 bridgehead atoms. The van der Waals surface area contributed by atoms with Crippen LogP contribution in [-0.2, 0) is 0 Å². The van der Waals surface area contributed by atoms with Gasteiger partial charge in [0.15, 0.2) is 5.69 Å². The third-order valence-corrected chi connectivity index (χ3v) is 3.04. The number of nitrogens with one attached hydrogen (secondary N) is 1. The number of aliphatic hydroxyl groups is 1. The zero-order chi connectivity index (χ0) is 14.8. The van der Waals surface area contributed by atoms with Gasteiger partial charge >= 0.3 is 5.97 Å². The number of hydrogen-bond donors (Lipinski definition) is 3. The molecular weight excluding hydrogens is 258 g/mol. The quantitative estimate of drug-likeness (QED) is 0.769. The van der Waals surface area contributed by atoms with E-state index < -0.39 is 5.97 Å². The van der Waals surface area contributed by atoms with Gasteiger partial charge in [-0.2, -0.15) is 0 Å². The summed E-state index contributed by atoms with van der Waals surface area (Å²) in [6.45, 7) is 4.20. The number of benzene rings is 1. The van der Waals surface area contributed by atoms with Crippen LogP contribution in [0.1, 0.15) is 24.3 Å². The minimum atomic E-state index is -1.13. The first-order valence-electron chi connectivity index (χ1n) is 6.28. The molecule has 0 aliphatic rings. The van der Waals surface area contributed by atoms with E-state index >= 15 is 0 Å². The first kappa shape index (κ1) is 14.2. The molecule has 6 heteroatoms. The van der Waals surface area contributed by atoms with Crippen molar-refractivity contribution in [3.05, 3.63) is 30.0 Å². The van der Waals surface area contributed by atoms with Gasteiger partial charge in [0.05, 0.1) is 11.2 Å². The molecule has 0 fully saturated rings. The number of carboxylic acid groups (broad SMARTS) is 1. The van der Waals surface area contributed by atoms with E-state index in [1.165, 1.54) is 0 Å². The van der Waals surface area contributed by atoms with Crippen molar-refractivity contribution in [1.82, 2.24) is 10.2 Å². The van der Waals surface area contributed by atoms with Crippen LogP contribution in [-0.4, -0.2) is 39.5 Å². The number of carbonyl (C=O) groups is 1. The van der Waals surface area contributed by atoms with Crippen LogP contribution in [0.3, 0.4) is 0 Å². The van der Waals surface area contributed by atoms with Crippen LogP contribution in [0.2, 0.25) is 0 Å². The number of aromatic carboxylic acids is 1. The third kappa shape index (κ3) is 2.85. The summed E-state index contributed by atoms with van der Waals surface area (Å²) < 4.78 is 0. The lowest BCUT2D eigenvalue weighted by molar-refractivity contribution is 0.0690. The predicted octanol–water partition coefficient (Wildman–Crippen LogP) is 1.76. The Labute approximate surface area is 116 Å². The Bertz CT molecular complexity index is 641. The van der Waals surface area contributed by atoms with Crippen LogP contribution in [0, 0.1) is 5.41 Å². The van der Waals surface area contributed by atoms with Crippen LogP contribution in [0.25, 0.3) is 10.9 Å². The Morgan fingerprint density at radius 1 is 1.30 bits per heavy atom. The van der Waals surface area contributed by atoms with Gasteiger partial charge in [0, 0.05) is 24.0 Å². The number of anilines is 1. The molecule has 0 aliphatic carbocycles. The Kier molecular flexibility index (Phi) is 3.85. The summed E-state index contributed by atoms with van der Waals surface area (Å²) in [4.78, 5) is 11.3. The number of carboxylic acids is 1. The van der Waals surface area contributed by atoms with Crippen molar-refractivity contribution in [2.24, 2.45) is 5.41 Å². The first-order valence-corrected chi connectivity index (χ1v) is 6.28. The number of aromatic nitrogens is 2. The van der Waals surface area contributed by atoms with E-state index in [9.17, 15) is 15.0 Å². The molecule has 1 aromatic heterocycles. The summed E-state index contributed by atoms with van der Waals surface area (Å²) in [6.07, 6.45) is 0. The second-order valence-electron chi connectivity index (χ2n) is 5.42. The van der Waals surface area contributed by atoms with E-state index in [1.54, 1.807) is 12.1 Å². The van der Waals surface area contributed by atoms with E-state index in [-0.39, 0.29) is 17.7 Å². The summed E-state index contributed by atoms with van der Waals surface area (Å²) in [7, 11) is 0. The molecule has 0 radical (unpaired) electrons. The minimum absolute atomic E-state index is 0.00114. The van der Waals surface area contributed by atoms with Crippen LogP contribution in [0.4, 0.5) is 5.69 Å². The van der Waals surface area contributed by atoms with E-state index in [2.05, 4.69) is 15.5 Å². The third-order valence-electron chi connectivity index (χ3n) is 3.04. The van der Waals surface area contributed by atoms with Crippen molar-refractivity contribution in [2.45, 2.75) is 13.8 Å². The molecule has 0 saturated heterocycles. The molecule has 106 valence electrons. The molecule has 1 heterocycles. The molecule has 1 aromatic carbocycles. The minimum Gasteiger partial charge on any atom is -0.476 e. The predicted molar refractivity (Wildman–Crippen MR) is 75.9 cm³/mol. The monoisotopic (exact) mass is 275 g/mol. The fourth-order valence-corrected chi connectivity index (χ4v) is 1.77. The Balaban J connectivity index is 2.47. The largest absolute Gasteiger partial charge is 0.476 e. The number of rotatable bonds is 5. The van der Waals surface area contributed by atoms with E-state index in [4.69, 9.17) is 0 Å². The van der Waals surface area contributed by atoms with E-state index in [0.29, 0.717) is 23.1 Å². The highest BCUT2D eigenvalue weighted by Crippen LogP contribution is 2.26. The summed E-state index contributed by atoms with van der Waals surface area (Å²) in [5.74, 6) is -1.13. The number of fused-ring (bicyclic) bond motifs is 1. The van der Waals surface area contributed by atoms with Crippen molar-refractivity contribution < 1.29 is 15.0 Å². The highest BCUT2D eigenvalue weighted by Gasteiger charge is 2.20. The first-order chi connectivity index (χ1) is 9.44. The van der Waals surface area contributed by atoms with Crippen LogP contribution < -0.4 is 5.32 Å². The fourth-order valence-electron chi connectivity index (χ4n) is 1.77. The van der Waals surface area contributed by atoms with Crippen molar-refractivity contribution in [1.29, 1.82) is 0 Å². The van der Waals surface area contributed by atoms with Crippen LogP contribution in [0.5, 0.6) is 0 Å². The molecule has 20 heavy (non-hydrogen) atoms. The number of aliphatic hydroxyl groups excluding tert-OH is 1. The maximum Gasteiger partial charge on any atom is 0.358 e. The van der Waals surface area contributed by atoms with E-state index in [1.807, 2.05) is 26.0 Å². The molecule has 6 nitrogen and oxygen atoms in total. The SMILES string of the molecule is CC(C)(CO)CNc1c(C(=O)O)nnc2ccccc12. The van der Waals surface area contributed by atoms with Gasteiger partial charge in [0.25, 0.3) is 0 Å². The Morgan fingerprint density at radius 2 is 2.00 bits per heavy atom. The summed E-state index contributed by atoms with van der Waals surface area (Å²) >= 11 is 0. The molecule has 0 spiro atoms. The standard InChI is InChI=1S/C14H17N3O3/c1-14(2,8-18)7-15-11-9-5-3-4-6-10(9)16-17-12(11)13(19)20/h3-6,18H,7-8H2,1-2H3,(H,15,16)(H,19,20). The van der Waals surface area contributed by atoms with Crippen molar-refractivity contribution in [2.75, 3.05) is 18.5 Å². The van der Waals surface area contributed by atoms with Gasteiger partial charge in [-0.25, -0.2) is 4.79 Å². The summed E-state index contributed by atoms with van der Waals surface area (Å²) in [5, 5.41) is 30.0. The molecule has 0 unspecified atom stereocenters. The molecule has 0 amide bonds. The van der Waals surface area contributed by atoms with Crippen molar-refractivity contribution >= 4 is 22.6 Å². The zero-order valence-corrected chi connectivity index (χ0v) is 11.4. The van der Waals surface area contributed by atoms with Gasteiger partial charge in [-0.05, 0) is 6.07 Å². The van der Waals surface area contributed by atoms with Gasteiger partial charge in [-0.15, -0.1) is 10.2 Å². The molecule has 3 N–H and O–H groups in total. The Hall–Kier alpha value is -2.21. The molecular formula is C14H17N3O3. The molecule has 0 atom stereocenters. The maximum absolute atomic E-state index is 11.3. The zero-order valence-electron chi connectivity index (χ0n) is 11.4. The van der Waals surface area contributed by atoms with Gasteiger partial charge < -0.3 is 15.5 Å². The highest BCUT2D eigenvalue weighted by atomic mass is 16.4. The number of hydrogen-bond acceptors (Lipinski definition) is 5. The van der Waals surface area contributed by atoms with Crippen LogP contribution in [0.15, 0.2) is 24.3 Å². The molecule has 0 saturated carbocycles. The molecule has 2 rings (SSSR count). The van der Waals surface area contributed by atoms with Gasteiger partial charge in [0.2, 0.25) is 0 Å². The lowest BCUT2D eigenvalue weighted by atomic mass is 9.94. The summed E-state index contributed by atoms with van der Waals surface area (Å²) in [6, 6.07) is 7.21. The highest BCUT2D eigenvalue weighted by molar-refractivity contribution is 6.02. The van der Waals surface area contributed by atoms with Gasteiger partial charge in [-0.3, -0.25) is 0 Å². The molecule has 2 aromatic rings. The number of nitrogens with zero attached hydrogens (tertiary/aromatic N) is 2. The van der Waals surface area contributed by atoms with Crippen LogP contribution >= 0.6 is 0 Å². The second-order valence-corrected chi connectivity index (χ2v) is 5.42. The Morgan fingerprint density at radius 3 is 2.65 bits per heavy atom. The van der Waals surface area contributed by atoms with Gasteiger partial charge in [-0.1, -0.05) is 32.0 Å². The average Bonchev–Trinajstić information content (AvgIpc) is 2.44. The normalized spacial score (nSPS) is 11.6. The lowest BCUT2D eigenvalue weighted by Crippen LogP contribution is -2.27. The topological polar surface area (TPSA) is 95.3 Å². The smallest absolute Gasteiger partial charge is 0.358 e. The maximum atomic E-state index is 11.3. The van der Waals surface area contributed by atoms with Gasteiger partial charge in [0.1, 0.15) is 0 Å². The van der Waals surface area contributed by atoms with Crippen molar-refractivity contribution in [3.8, 4) is 0 Å². The van der Waals surface area contributed by atoms with Crippen molar-refractivity contribution in [3.63, 3.8) is 0 Å². The fraction of sp³-hybridized carbons (Fsp3) is 0.357. The second kappa shape index (κ2) is 5.42. The summed E-state index contributed by atoms with van der Waals surface area (Å²) in [5.41, 5.74) is 0.587. The van der Waals surface area contributed by atoms with E-state index in [0.717, 1.165) is 0 Å². The molecule has 0 aliphatic heterocycles. The lowest BCUT2D eigenvalue weighted by Gasteiger charge is -2.23. The average molecular weight is 275 g/mol.